The van der Waals surface area contributed by atoms with Crippen molar-refractivity contribution in [1.82, 2.24) is 9.58 Å². The normalized spacial score (nSPS) is 16.7. The maximum atomic E-state index is 14.2. The van der Waals surface area contributed by atoms with Crippen LogP contribution in [0.15, 0.2) is 64.2 Å². The second-order valence-electron chi connectivity index (χ2n) is 8.00. The highest BCUT2D eigenvalue weighted by Gasteiger charge is 2.36. The summed E-state index contributed by atoms with van der Waals surface area (Å²) < 4.78 is 16.3. The van der Waals surface area contributed by atoms with Crippen LogP contribution in [-0.4, -0.2) is 31.5 Å². The molecule has 0 unspecified atom stereocenters. The Bertz CT molecular complexity index is 1490. The molecular weight excluding hydrogens is 473 g/mol. The van der Waals surface area contributed by atoms with Gasteiger partial charge in [0.25, 0.3) is 5.91 Å². The Balaban J connectivity index is 1.54. The van der Waals surface area contributed by atoms with E-state index in [1.807, 2.05) is 45.0 Å². The highest BCUT2D eigenvalue weighted by Crippen LogP contribution is 2.33. The van der Waals surface area contributed by atoms with Crippen molar-refractivity contribution in [3.8, 4) is 5.69 Å². The topological polar surface area (TPSA) is 73.8 Å². The number of amidine groups is 2. The Kier molecular flexibility index (Phi) is 5.50. The van der Waals surface area contributed by atoms with E-state index in [1.165, 1.54) is 11.1 Å². The molecule has 3 heterocycles. The molecule has 0 bridgehead atoms. The van der Waals surface area contributed by atoms with E-state index in [-0.39, 0.29) is 16.6 Å². The lowest BCUT2D eigenvalue weighted by molar-refractivity contribution is -0.114. The number of hydrogen-bond acceptors (Lipinski definition) is 4. The smallest absolute Gasteiger partial charge is 0.283 e. The van der Waals surface area contributed by atoms with Crippen LogP contribution in [0.4, 0.5) is 4.39 Å². The summed E-state index contributed by atoms with van der Waals surface area (Å²) in [5, 5.41) is 15.5. The fraction of sp³-hybridized carbons (Fsp3) is 0.120. The molecule has 3 aromatic rings. The Morgan fingerprint density at radius 1 is 1.12 bits per heavy atom. The number of nitrogens with one attached hydrogen (secondary N) is 1. The fourth-order valence-corrected chi connectivity index (χ4v) is 5.10. The molecule has 0 fully saturated rings. The molecule has 0 saturated carbocycles. The summed E-state index contributed by atoms with van der Waals surface area (Å²) in [5.41, 5.74) is 5.08. The molecule has 0 aliphatic carbocycles. The van der Waals surface area contributed by atoms with Crippen molar-refractivity contribution in [3.05, 3.63) is 93.0 Å². The van der Waals surface area contributed by atoms with E-state index >= 15 is 0 Å². The van der Waals surface area contributed by atoms with E-state index in [0.29, 0.717) is 15.6 Å². The molecule has 2 aliphatic heterocycles. The number of thioether (sulfide) groups is 1. The zero-order valence-electron chi connectivity index (χ0n) is 18.6. The van der Waals surface area contributed by atoms with E-state index in [4.69, 9.17) is 17.0 Å². The molecule has 5 rings (SSSR count). The molecule has 0 atom stereocenters. The largest absolute Gasteiger partial charge is 0.318 e. The predicted octanol–water partition coefficient (Wildman–Crippen LogP) is 5.86. The first kappa shape index (κ1) is 22.3. The van der Waals surface area contributed by atoms with Crippen LogP contribution in [0.2, 0.25) is 5.02 Å². The first-order chi connectivity index (χ1) is 16.2. The lowest BCUT2D eigenvalue weighted by Gasteiger charge is -2.20. The van der Waals surface area contributed by atoms with Gasteiger partial charge in [-0.1, -0.05) is 29.8 Å². The molecule has 2 aliphatic rings. The highest BCUT2D eigenvalue weighted by atomic mass is 35.5. The van der Waals surface area contributed by atoms with Gasteiger partial charge in [-0.2, -0.15) is 15.1 Å². The summed E-state index contributed by atoms with van der Waals surface area (Å²) in [5.74, 6) is -1.05. The highest BCUT2D eigenvalue weighted by molar-refractivity contribution is 8.27. The van der Waals surface area contributed by atoms with Crippen molar-refractivity contribution in [2.75, 3.05) is 0 Å². The van der Waals surface area contributed by atoms with Crippen molar-refractivity contribution in [1.29, 1.82) is 5.41 Å². The molecule has 6 nitrogen and oxygen atoms in total. The first-order valence-electron chi connectivity index (χ1n) is 10.4. The van der Waals surface area contributed by atoms with Gasteiger partial charge in [0.1, 0.15) is 10.9 Å². The van der Waals surface area contributed by atoms with Crippen LogP contribution in [0.1, 0.15) is 28.1 Å². The Hall–Kier alpha value is -3.49. The van der Waals surface area contributed by atoms with Crippen molar-refractivity contribution >= 4 is 51.4 Å². The maximum Gasteiger partial charge on any atom is 0.283 e. The number of fused-ring (bicyclic) bond motifs is 1. The first-order valence-corrected chi connectivity index (χ1v) is 11.6. The Labute approximate surface area is 205 Å². The number of carbonyl (C=O) groups excluding carboxylic acids is 1. The van der Waals surface area contributed by atoms with Crippen LogP contribution in [0, 0.1) is 32.0 Å². The SMILES string of the molecule is Cc1ccc(Cl)cc1-n1c(C)cc(/C=C2/C(=N)N3N=C(c4ccccc4F)SC3=NC2=O)c1C. The third kappa shape index (κ3) is 3.69. The van der Waals surface area contributed by atoms with Crippen molar-refractivity contribution in [2.24, 2.45) is 10.1 Å². The maximum absolute atomic E-state index is 14.2. The van der Waals surface area contributed by atoms with Gasteiger partial charge in [-0.25, -0.2) is 4.39 Å². The average Bonchev–Trinajstić information content (AvgIpc) is 3.33. The zero-order valence-corrected chi connectivity index (χ0v) is 20.1. The van der Waals surface area contributed by atoms with E-state index in [0.717, 1.165) is 40.0 Å². The number of amides is 1. The fourth-order valence-electron chi connectivity index (χ4n) is 4.02. The second-order valence-corrected chi connectivity index (χ2v) is 9.39. The number of carbonyl (C=O) groups is 1. The standard InChI is InChI=1S/C25H19ClFN5OS/c1-13-8-9-17(26)12-21(13)31-14(2)10-16(15(31)3)11-19-22(28)32-25(29-23(19)33)34-24(30-32)18-6-4-5-7-20(18)27/h4-12,28H,1-3H3/b19-11-,28-22?. The van der Waals surface area contributed by atoms with Crippen molar-refractivity contribution in [3.63, 3.8) is 0 Å². The Morgan fingerprint density at radius 2 is 1.88 bits per heavy atom. The van der Waals surface area contributed by atoms with Gasteiger partial charge >= 0.3 is 0 Å². The predicted molar refractivity (Wildman–Crippen MR) is 136 cm³/mol. The molecule has 2 aromatic carbocycles. The summed E-state index contributed by atoms with van der Waals surface area (Å²) in [6, 6.07) is 13.9. The number of hydrazone groups is 1. The molecule has 0 saturated heterocycles. The molecule has 0 spiro atoms. The van der Waals surface area contributed by atoms with Gasteiger partial charge in [-0.15, -0.1) is 0 Å². The summed E-state index contributed by atoms with van der Waals surface area (Å²) >= 11 is 7.30. The minimum Gasteiger partial charge on any atom is -0.318 e. The Morgan fingerprint density at radius 3 is 2.65 bits per heavy atom. The van der Waals surface area contributed by atoms with Crippen LogP contribution in [-0.2, 0) is 4.79 Å². The second kappa shape index (κ2) is 8.38. The number of benzene rings is 2. The summed E-state index contributed by atoms with van der Waals surface area (Å²) in [4.78, 5) is 17.0. The monoisotopic (exact) mass is 491 g/mol. The molecular formula is C25H19ClFN5OS. The quantitative estimate of drug-likeness (QED) is 0.466. The summed E-state index contributed by atoms with van der Waals surface area (Å²) in [6.45, 7) is 5.93. The van der Waals surface area contributed by atoms with Crippen LogP contribution < -0.4 is 0 Å². The summed E-state index contributed by atoms with van der Waals surface area (Å²) in [7, 11) is 0. The van der Waals surface area contributed by atoms with Gasteiger partial charge in [0.15, 0.2) is 5.84 Å². The average molecular weight is 492 g/mol. The number of rotatable bonds is 3. The van der Waals surface area contributed by atoms with Gasteiger partial charge in [0.05, 0.1) is 5.57 Å². The molecule has 170 valence electrons. The van der Waals surface area contributed by atoms with Gasteiger partial charge in [0, 0.05) is 27.7 Å². The molecule has 1 N–H and O–H groups in total. The molecule has 9 heteroatoms. The molecule has 34 heavy (non-hydrogen) atoms. The van der Waals surface area contributed by atoms with E-state index < -0.39 is 11.7 Å². The molecule has 1 amide bonds. The van der Waals surface area contributed by atoms with E-state index in [2.05, 4.69) is 14.7 Å². The molecule has 0 radical (unpaired) electrons. The van der Waals surface area contributed by atoms with Crippen LogP contribution in [0.5, 0.6) is 0 Å². The van der Waals surface area contributed by atoms with Gasteiger partial charge < -0.3 is 4.57 Å². The number of aliphatic imine (C=N–C) groups is 1. The zero-order chi connectivity index (χ0) is 24.1. The van der Waals surface area contributed by atoms with Crippen LogP contribution in [0.25, 0.3) is 11.8 Å². The molecule has 1 aromatic heterocycles. The van der Waals surface area contributed by atoms with Gasteiger partial charge in [-0.3, -0.25) is 10.2 Å². The number of aryl methyl sites for hydroxylation is 2. The number of halogens is 2. The van der Waals surface area contributed by atoms with Crippen LogP contribution in [0.3, 0.4) is 0 Å². The lowest BCUT2D eigenvalue weighted by atomic mass is 10.1. The van der Waals surface area contributed by atoms with E-state index in [1.54, 1.807) is 24.3 Å². The minimum atomic E-state index is -0.530. The third-order valence-corrected chi connectivity index (χ3v) is 6.92. The van der Waals surface area contributed by atoms with Gasteiger partial charge in [0.2, 0.25) is 5.17 Å². The van der Waals surface area contributed by atoms with E-state index in [9.17, 15) is 9.18 Å². The van der Waals surface area contributed by atoms with Crippen molar-refractivity contribution < 1.29 is 9.18 Å². The van der Waals surface area contributed by atoms with Crippen LogP contribution >= 0.6 is 23.4 Å². The minimum absolute atomic E-state index is 0.0995. The lowest BCUT2D eigenvalue weighted by Crippen LogP contribution is -2.35. The number of nitrogens with zero attached hydrogens (tertiary/aromatic N) is 4. The number of aromatic nitrogens is 1. The number of hydrogen-bond donors (Lipinski definition) is 1. The van der Waals surface area contributed by atoms with Crippen molar-refractivity contribution in [2.45, 2.75) is 20.8 Å². The summed E-state index contributed by atoms with van der Waals surface area (Å²) in [6.07, 6.45) is 1.66. The third-order valence-electron chi connectivity index (χ3n) is 5.74. The van der Waals surface area contributed by atoms with Gasteiger partial charge in [-0.05, 0) is 80.1 Å².